The Labute approximate surface area is 129 Å². The lowest BCUT2D eigenvalue weighted by Crippen LogP contribution is -2.26. The molecule has 1 aromatic heterocycles. The van der Waals surface area contributed by atoms with Gasteiger partial charge < -0.3 is 4.74 Å². The number of ether oxygens (including phenoxy) is 1. The van der Waals surface area contributed by atoms with Crippen LogP contribution in [-0.2, 0) is 9.59 Å². The number of carbonyl (C=O) groups excluding carboxylic acids is 2. The normalized spacial score (nSPS) is 18.4. The van der Waals surface area contributed by atoms with Gasteiger partial charge in [0.1, 0.15) is 4.60 Å². The molecule has 0 aromatic carbocycles. The lowest BCUT2D eigenvalue weighted by atomic mass is 10.1. The van der Waals surface area contributed by atoms with Gasteiger partial charge in [0, 0.05) is 25.6 Å². The molecule has 6 nitrogen and oxygen atoms in total. The highest BCUT2D eigenvalue weighted by Crippen LogP contribution is 2.31. The number of carbonyl (C=O) groups is 2. The molecule has 1 fully saturated rings. The average molecular weight is 360 g/mol. The summed E-state index contributed by atoms with van der Waals surface area (Å²) in [6.45, 7) is 2.06. The fraction of sp³-hybridized carbons (Fsp3) is 0.500. The van der Waals surface area contributed by atoms with E-state index in [9.17, 15) is 9.59 Å². The Kier molecular flexibility index (Phi) is 4.98. The Morgan fingerprint density at radius 2 is 2.40 bits per heavy atom. The van der Waals surface area contributed by atoms with Gasteiger partial charge in [0.2, 0.25) is 5.91 Å². The molecule has 20 heavy (non-hydrogen) atoms. The van der Waals surface area contributed by atoms with E-state index in [2.05, 4.69) is 25.9 Å². The molecule has 1 unspecified atom stereocenters. The molecule has 1 aromatic rings. The summed E-state index contributed by atoms with van der Waals surface area (Å²) in [5, 5.41) is 0.0666. The van der Waals surface area contributed by atoms with Crippen molar-refractivity contribution in [3.05, 3.63) is 10.8 Å². The number of anilines is 1. The molecule has 1 aliphatic rings. The van der Waals surface area contributed by atoms with E-state index in [1.807, 2.05) is 0 Å². The molecule has 1 saturated heterocycles. The van der Waals surface area contributed by atoms with E-state index in [0.717, 1.165) is 0 Å². The van der Waals surface area contributed by atoms with Crippen molar-refractivity contribution in [3.63, 3.8) is 0 Å². The monoisotopic (exact) mass is 359 g/mol. The first-order valence-corrected chi connectivity index (χ1v) is 7.79. The SMILES string of the molecule is COc1nc(Br)cnc1N1CC(CSC(C)=O)CC1=O. The maximum atomic E-state index is 12.1. The molecular weight excluding hydrogens is 346 g/mol. The van der Waals surface area contributed by atoms with Crippen LogP contribution in [0.3, 0.4) is 0 Å². The fourth-order valence-corrected chi connectivity index (χ4v) is 2.96. The highest BCUT2D eigenvalue weighted by molar-refractivity contribution is 9.10. The van der Waals surface area contributed by atoms with Crippen LogP contribution < -0.4 is 9.64 Å². The van der Waals surface area contributed by atoms with Crippen LogP contribution >= 0.6 is 27.7 Å². The lowest BCUT2D eigenvalue weighted by Gasteiger charge is -2.17. The highest BCUT2D eigenvalue weighted by atomic mass is 79.9. The fourth-order valence-electron chi connectivity index (χ4n) is 2.00. The molecule has 108 valence electrons. The molecule has 0 N–H and O–H groups in total. The van der Waals surface area contributed by atoms with Gasteiger partial charge in [0.15, 0.2) is 10.9 Å². The number of methoxy groups -OCH3 is 1. The molecule has 1 aliphatic heterocycles. The lowest BCUT2D eigenvalue weighted by molar-refractivity contribution is -0.117. The van der Waals surface area contributed by atoms with Gasteiger partial charge in [-0.3, -0.25) is 14.5 Å². The summed E-state index contributed by atoms with van der Waals surface area (Å²) < 4.78 is 5.71. The number of thioether (sulfide) groups is 1. The zero-order valence-corrected chi connectivity index (χ0v) is 13.5. The predicted octanol–water partition coefficient (Wildman–Crippen LogP) is 1.88. The minimum Gasteiger partial charge on any atom is -0.478 e. The number of halogens is 1. The number of rotatable bonds is 4. The van der Waals surface area contributed by atoms with Crippen molar-refractivity contribution in [2.45, 2.75) is 13.3 Å². The summed E-state index contributed by atoms with van der Waals surface area (Å²) in [5.74, 6) is 1.51. The third-order valence-electron chi connectivity index (χ3n) is 2.87. The number of hydrogen-bond acceptors (Lipinski definition) is 6. The summed E-state index contributed by atoms with van der Waals surface area (Å²) >= 11 is 4.46. The maximum Gasteiger partial charge on any atom is 0.258 e. The van der Waals surface area contributed by atoms with Crippen molar-refractivity contribution < 1.29 is 14.3 Å². The van der Waals surface area contributed by atoms with Gasteiger partial charge in [-0.1, -0.05) is 11.8 Å². The first-order valence-electron chi connectivity index (χ1n) is 6.01. The van der Waals surface area contributed by atoms with E-state index in [1.54, 1.807) is 4.90 Å². The number of amides is 1. The van der Waals surface area contributed by atoms with Crippen molar-refractivity contribution in [2.24, 2.45) is 5.92 Å². The second-order valence-corrected chi connectivity index (χ2v) is 6.41. The molecule has 0 bridgehead atoms. The van der Waals surface area contributed by atoms with Crippen molar-refractivity contribution in [2.75, 3.05) is 24.3 Å². The summed E-state index contributed by atoms with van der Waals surface area (Å²) in [6, 6.07) is 0. The Bertz CT molecular complexity index is 541. The second kappa shape index (κ2) is 6.53. The van der Waals surface area contributed by atoms with Crippen LogP contribution in [0.4, 0.5) is 5.82 Å². The molecule has 0 spiro atoms. The Morgan fingerprint density at radius 3 is 3.05 bits per heavy atom. The van der Waals surface area contributed by atoms with Gasteiger partial charge in [-0.05, 0) is 21.8 Å². The van der Waals surface area contributed by atoms with Gasteiger partial charge in [-0.25, -0.2) is 9.97 Å². The van der Waals surface area contributed by atoms with Crippen LogP contribution in [-0.4, -0.2) is 40.4 Å². The third-order valence-corrected chi connectivity index (χ3v) is 4.30. The topological polar surface area (TPSA) is 72.4 Å². The highest BCUT2D eigenvalue weighted by Gasteiger charge is 2.33. The van der Waals surface area contributed by atoms with E-state index in [0.29, 0.717) is 35.0 Å². The first-order chi connectivity index (χ1) is 9.51. The second-order valence-electron chi connectivity index (χ2n) is 4.40. The van der Waals surface area contributed by atoms with Gasteiger partial charge in [0.25, 0.3) is 5.88 Å². The number of aromatic nitrogens is 2. The van der Waals surface area contributed by atoms with Crippen LogP contribution in [0.2, 0.25) is 0 Å². The van der Waals surface area contributed by atoms with Crippen LogP contribution in [0.15, 0.2) is 10.8 Å². The van der Waals surface area contributed by atoms with Gasteiger partial charge in [-0.2, -0.15) is 0 Å². The van der Waals surface area contributed by atoms with Crippen LogP contribution in [0, 0.1) is 5.92 Å². The molecule has 1 amide bonds. The Balaban J connectivity index is 2.13. The van der Waals surface area contributed by atoms with E-state index < -0.39 is 0 Å². The standard InChI is InChI=1S/C12H14BrN3O3S/c1-7(17)20-6-8-3-10(18)16(5-8)11-12(19-2)15-9(13)4-14-11/h4,8H,3,5-6H2,1-2H3. The summed E-state index contributed by atoms with van der Waals surface area (Å²) in [6.07, 6.45) is 1.95. The third kappa shape index (κ3) is 3.49. The number of nitrogens with zero attached hydrogens (tertiary/aromatic N) is 3. The van der Waals surface area contributed by atoms with Crippen molar-refractivity contribution in [1.82, 2.24) is 9.97 Å². The summed E-state index contributed by atoms with van der Waals surface area (Å²) in [5.41, 5.74) is 0. The average Bonchev–Trinajstić information content (AvgIpc) is 2.77. The molecule has 2 rings (SSSR count). The smallest absolute Gasteiger partial charge is 0.258 e. The molecule has 0 saturated carbocycles. The molecule has 1 atom stereocenters. The largest absolute Gasteiger partial charge is 0.478 e. The van der Waals surface area contributed by atoms with Gasteiger partial charge >= 0.3 is 0 Å². The van der Waals surface area contributed by atoms with Gasteiger partial charge in [-0.15, -0.1) is 0 Å². The Morgan fingerprint density at radius 1 is 1.65 bits per heavy atom. The Hall–Kier alpha value is -1.15. The maximum absolute atomic E-state index is 12.1. The van der Waals surface area contributed by atoms with E-state index in [1.165, 1.54) is 32.0 Å². The minimum absolute atomic E-state index is 0.0194. The van der Waals surface area contributed by atoms with E-state index >= 15 is 0 Å². The van der Waals surface area contributed by atoms with Gasteiger partial charge in [0.05, 0.1) is 13.3 Å². The van der Waals surface area contributed by atoms with Crippen LogP contribution in [0.1, 0.15) is 13.3 Å². The van der Waals surface area contributed by atoms with Crippen molar-refractivity contribution >= 4 is 44.5 Å². The molecule has 2 heterocycles. The van der Waals surface area contributed by atoms with Crippen molar-refractivity contribution in [1.29, 1.82) is 0 Å². The van der Waals surface area contributed by atoms with Crippen molar-refractivity contribution in [3.8, 4) is 5.88 Å². The van der Waals surface area contributed by atoms with E-state index in [-0.39, 0.29) is 16.9 Å². The molecule has 0 radical (unpaired) electrons. The zero-order chi connectivity index (χ0) is 14.7. The van der Waals surface area contributed by atoms with Crippen LogP contribution in [0.5, 0.6) is 5.88 Å². The first kappa shape index (κ1) is 15.2. The number of hydrogen-bond donors (Lipinski definition) is 0. The van der Waals surface area contributed by atoms with E-state index in [4.69, 9.17) is 4.74 Å². The summed E-state index contributed by atoms with van der Waals surface area (Å²) in [4.78, 5) is 33.0. The molecule has 0 aliphatic carbocycles. The minimum atomic E-state index is -0.0194. The molecule has 8 heteroatoms. The zero-order valence-electron chi connectivity index (χ0n) is 11.1. The quantitative estimate of drug-likeness (QED) is 0.817. The molecular formula is C12H14BrN3O3S. The summed E-state index contributed by atoms with van der Waals surface area (Å²) in [7, 11) is 1.49. The van der Waals surface area contributed by atoms with Crippen LogP contribution in [0.25, 0.3) is 0 Å². The predicted molar refractivity (Wildman–Crippen MR) is 79.9 cm³/mol.